The van der Waals surface area contributed by atoms with Crippen LogP contribution in [0.1, 0.15) is 19.3 Å². The number of allylic oxidation sites excluding steroid dienone is 1. The van der Waals surface area contributed by atoms with Crippen LogP contribution in [0.5, 0.6) is 0 Å². The summed E-state index contributed by atoms with van der Waals surface area (Å²) < 4.78 is 0. The average Bonchev–Trinajstić information content (AvgIpc) is 3.34. The first-order valence-electron chi connectivity index (χ1n) is 7.18. The molecule has 1 saturated carbocycles. The molecule has 0 aromatic carbocycles. The van der Waals surface area contributed by atoms with E-state index in [1.165, 1.54) is 0 Å². The van der Waals surface area contributed by atoms with Crippen molar-refractivity contribution in [3.05, 3.63) is 23.7 Å². The molecule has 2 N–H and O–H groups in total. The van der Waals surface area contributed by atoms with Crippen molar-refractivity contribution < 1.29 is 9.59 Å². The molecule has 1 aliphatic carbocycles. The summed E-state index contributed by atoms with van der Waals surface area (Å²) in [4.78, 5) is 27.3. The fraction of sp³-hybridized carbons (Fsp3) is 0.500. The molecule has 0 bridgehead atoms. The third kappa shape index (κ3) is 3.24. The highest BCUT2D eigenvalue weighted by atomic mass is 16.2. The van der Waals surface area contributed by atoms with Crippen molar-refractivity contribution in [1.29, 1.82) is 0 Å². The van der Waals surface area contributed by atoms with Crippen molar-refractivity contribution in [3.8, 4) is 0 Å². The molecule has 3 rings (SSSR count). The number of amides is 2. The molecule has 0 spiro atoms. The first-order valence-corrected chi connectivity index (χ1v) is 7.18. The molecular formula is C14H17N5O2. The molecule has 2 amide bonds. The fourth-order valence-corrected chi connectivity index (χ4v) is 2.20. The molecule has 2 heterocycles. The summed E-state index contributed by atoms with van der Waals surface area (Å²) in [6, 6.07) is 0. The summed E-state index contributed by atoms with van der Waals surface area (Å²) in [6.07, 6.45) is 7.95. The van der Waals surface area contributed by atoms with Gasteiger partial charge in [-0.2, -0.15) is 0 Å². The predicted molar refractivity (Wildman–Crippen MR) is 76.4 cm³/mol. The first kappa shape index (κ1) is 13.7. The van der Waals surface area contributed by atoms with Gasteiger partial charge in [0.25, 0.3) is 5.91 Å². The Morgan fingerprint density at radius 1 is 1.29 bits per heavy atom. The Hall–Kier alpha value is -2.31. The summed E-state index contributed by atoms with van der Waals surface area (Å²) in [6.45, 7) is 1.27. The standard InChI is InChI=1S/C14H17N5O2/c20-13(9-4-5-9)17-8-2-7-16-12-11-10(3-1-6-15-11)14(21)19-18-12/h1,3,6,9-10,16H,2,4-5,7-8H2,(H,17,20). The van der Waals surface area contributed by atoms with Crippen molar-refractivity contribution in [2.45, 2.75) is 19.3 Å². The molecule has 7 heteroatoms. The molecule has 7 nitrogen and oxygen atoms in total. The summed E-state index contributed by atoms with van der Waals surface area (Å²) in [5, 5.41) is 13.5. The number of hydrogen-bond acceptors (Lipinski definition) is 5. The van der Waals surface area contributed by atoms with Crippen molar-refractivity contribution >= 4 is 18.0 Å². The number of carbonyl (C=O) groups excluding carboxylic acids is 2. The van der Waals surface area contributed by atoms with Crippen LogP contribution in [0, 0.1) is 11.8 Å². The number of fused-ring (bicyclic) bond motifs is 1. The quantitative estimate of drug-likeness (QED) is 0.711. The minimum Gasteiger partial charge on any atom is -0.367 e. The van der Waals surface area contributed by atoms with Gasteiger partial charge in [0.2, 0.25) is 5.91 Å². The molecule has 2 aliphatic heterocycles. The van der Waals surface area contributed by atoms with Gasteiger partial charge in [0.05, 0.1) is 0 Å². The van der Waals surface area contributed by atoms with E-state index >= 15 is 0 Å². The molecule has 0 saturated heterocycles. The van der Waals surface area contributed by atoms with Gasteiger partial charge in [0, 0.05) is 25.2 Å². The highest BCUT2D eigenvalue weighted by molar-refractivity contribution is 5.88. The summed E-state index contributed by atoms with van der Waals surface area (Å²) in [7, 11) is 0. The smallest absolute Gasteiger partial charge is 0.277 e. The normalized spacial score (nSPS) is 23.2. The highest BCUT2D eigenvalue weighted by Gasteiger charge is 2.29. The number of dihydropyridines is 1. The van der Waals surface area contributed by atoms with Gasteiger partial charge in [0.15, 0.2) is 5.82 Å². The Balaban J connectivity index is 1.47. The molecular weight excluding hydrogens is 270 g/mol. The van der Waals surface area contributed by atoms with E-state index in [2.05, 4.69) is 25.9 Å². The second-order valence-electron chi connectivity index (χ2n) is 5.26. The van der Waals surface area contributed by atoms with Crippen LogP contribution in [0.15, 0.2) is 38.9 Å². The largest absolute Gasteiger partial charge is 0.367 e. The van der Waals surface area contributed by atoms with E-state index in [9.17, 15) is 9.59 Å². The number of carbonyl (C=O) groups is 2. The number of azo groups is 1. The Morgan fingerprint density at radius 2 is 2.14 bits per heavy atom. The maximum Gasteiger partial charge on any atom is 0.277 e. The zero-order valence-electron chi connectivity index (χ0n) is 11.6. The number of nitrogens with one attached hydrogen (secondary N) is 2. The molecule has 3 aliphatic rings. The molecule has 1 fully saturated rings. The van der Waals surface area contributed by atoms with E-state index in [1.807, 2.05) is 0 Å². The van der Waals surface area contributed by atoms with Crippen LogP contribution in [0.2, 0.25) is 0 Å². The SMILES string of the molecule is O=C(NCCCNC1=C2N=CC=CC2C(=O)N=N1)C1CC1. The molecule has 0 aromatic rings. The van der Waals surface area contributed by atoms with E-state index in [4.69, 9.17) is 0 Å². The van der Waals surface area contributed by atoms with Crippen LogP contribution in [-0.4, -0.2) is 31.1 Å². The van der Waals surface area contributed by atoms with Crippen molar-refractivity contribution in [1.82, 2.24) is 10.6 Å². The number of hydrogen-bond donors (Lipinski definition) is 2. The first-order chi connectivity index (χ1) is 10.3. The maximum atomic E-state index is 11.6. The summed E-state index contributed by atoms with van der Waals surface area (Å²) >= 11 is 0. The number of rotatable bonds is 6. The predicted octanol–water partition coefficient (Wildman–Crippen LogP) is 0.911. The van der Waals surface area contributed by atoms with Gasteiger partial charge in [-0.25, -0.2) is 0 Å². The van der Waals surface area contributed by atoms with Crippen LogP contribution in [0.4, 0.5) is 0 Å². The lowest BCUT2D eigenvalue weighted by Gasteiger charge is -2.19. The van der Waals surface area contributed by atoms with E-state index in [0.717, 1.165) is 19.3 Å². The Bertz CT molecular complexity index is 572. The lowest BCUT2D eigenvalue weighted by atomic mass is 10.0. The third-order valence-electron chi connectivity index (χ3n) is 3.55. The Labute approximate surface area is 122 Å². The average molecular weight is 287 g/mol. The summed E-state index contributed by atoms with van der Waals surface area (Å²) in [5.74, 6) is 0.214. The van der Waals surface area contributed by atoms with E-state index in [1.54, 1.807) is 18.4 Å². The van der Waals surface area contributed by atoms with Crippen LogP contribution in [0.25, 0.3) is 0 Å². The van der Waals surface area contributed by atoms with Gasteiger partial charge < -0.3 is 10.6 Å². The molecule has 1 unspecified atom stereocenters. The van der Waals surface area contributed by atoms with E-state index < -0.39 is 5.92 Å². The van der Waals surface area contributed by atoms with Crippen LogP contribution in [0.3, 0.4) is 0 Å². The van der Waals surface area contributed by atoms with Crippen LogP contribution in [-0.2, 0) is 9.59 Å². The highest BCUT2D eigenvalue weighted by Crippen LogP contribution is 2.28. The Morgan fingerprint density at radius 3 is 2.95 bits per heavy atom. The van der Waals surface area contributed by atoms with Gasteiger partial charge in [-0.3, -0.25) is 14.6 Å². The second kappa shape index (κ2) is 5.99. The van der Waals surface area contributed by atoms with Crippen LogP contribution >= 0.6 is 0 Å². The van der Waals surface area contributed by atoms with Crippen molar-refractivity contribution in [3.63, 3.8) is 0 Å². The third-order valence-corrected chi connectivity index (χ3v) is 3.55. The van der Waals surface area contributed by atoms with Crippen molar-refractivity contribution in [2.24, 2.45) is 27.1 Å². The second-order valence-corrected chi connectivity index (χ2v) is 5.26. The summed E-state index contributed by atoms with van der Waals surface area (Å²) in [5.41, 5.74) is 0.611. The van der Waals surface area contributed by atoms with Crippen molar-refractivity contribution in [2.75, 3.05) is 13.1 Å². The molecule has 21 heavy (non-hydrogen) atoms. The minimum absolute atomic E-state index is 0.155. The monoisotopic (exact) mass is 287 g/mol. The zero-order chi connectivity index (χ0) is 14.7. The minimum atomic E-state index is -0.426. The molecule has 1 atom stereocenters. The molecule has 0 aromatic heterocycles. The Kier molecular flexibility index (Phi) is 3.89. The van der Waals surface area contributed by atoms with E-state index in [0.29, 0.717) is 24.6 Å². The molecule has 110 valence electrons. The van der Waals surface area contributed by atoms with Gasteiger partial charge in [-0.1, -0.05) is 6.08 Å². The topological polar surface area (TPSA) is 95.3 Å². The lowest BCUT2D eigenvalue weighted by Crippen LogP contribution is -2.29. The lowest BCUT2D eigenvalue weighted by molar-refractivity contribution is -0.122. The van der Waals surface area contributed by atoms with Gasteiger partial charge in [-0.05, 0) is 25.3 Å². The maximum absolute atomic E-state index is 11.6. The molecule has 0 radical (unpaired) electrons. The zero-order valence-corrected chi connectivity index (χ0v) is 11.6. The van der Waals surface area contributed by atoms with Gasteiger partial charge in [-0.15, -0.1) is 10.2 Å². The van der Waals surface area contributed by atoms with Crippen LogP contribution < -0.4 is 10.6 Å². The van der Waals surface area contributed by atoms with Gasteiger partial charge in [0.1, 0.15) is 11.6 Å². The number of aliphatic imine (C=N–C) groups is 1. The fourth-order valence-electron chi connectivity index (χ4n) is 2.20. The van der Waals surface area contributed by atoms with E-state index in [-0.39, 0.29) is 17.7 Å². The van der Waals surface area contributed by atoms with Gasteiger partial charge >= 0.3 is 0 Å². The number of nitrogens with zero attached hydrogens (tertiary/aromatic N) is 3.